The minimum atomic E-state index is -1.03. The molecule has 2 rings (SSSR count). The van der Waals surface area contributed by atoms with Crippen LogP contribution in [-0.4, -0.2) is 47.7 Å². The number of amides is 1. The number of rotatable bonds is 3. The van der Waals surface area contributed by atoms with Gasteiger partial charge in [-0.15, -0.1) is 0 Å². The Hall–Kier alpha value is -2.02. The van der Waals surface area contributed by atoms with Crippen LogP contribution in [0.1, 0.15) is 22.3 Å². The summed E-state index contributed by atoms with van der Waals surface area (Å²) in [5.41, 5.74) is -0.0417. The minimum Gasteiger partial charge on any atom is -0.481 e. The lowest BCUT2D eigenvalue weighted by Gasteiger charge is -2.32. The largest absolute Gasteiger partial charge is 0.481 e. The first-order valence-corrected chi connectivity index (χ1v) is 6.47. The predicted octanol–water partition coefficient (Wildman–Crippen LogP) is 1.59. The van der Waals surface area contributed by atoms with E-state index in [0.717, 1.165) is 6.07 Å². The van der Waals surface area contributed by atoms with Gasteiger partial charge in [0.2, 0.25) is 0 Å². The van der Waals surface area contributed by atoms with E-state index in [4.69, 9.17) is 9.84 Å². The minimum absolute atomic E-state index is 0.0704. The lowest BCUT2D eigenvalue weighted by atomic mass is 10.1. The number of aryl methyl sites for hydroxylation is 1. The van der Waals surface area contributed by atoms with Crippen molar-refractivity contribution in [2.45, 2.75) is 19.4 Å². The molecule has 0 aliphatic carbocycles. The molecule has 1 aliphatic heterocycles. The molecular formula is C14H15F2NO4. The van der Waals surface area contributed by atoms with Gasteiger partial charge >= 0.3 is 5.97 Å². The highest BCUT2D eigenvalue weighted by atomic mass is 19.1. The van der Waals surface area contributed by atoms with E-state index in [1.54, 1.807) is 0 Å². The molecule has 21 heavy (non-hydrogen) atoms. The lowest BCUT2D eigenvalue weighted by molar-refractivity contribution is -0.141. The molecule has 0 bridgehead atoms. The van der Waals surface area contributed by atoms with Crippen molar-refractivity contribution in [1.82, 2.24) is 4.90 Å². The Morgan fingerprint density at radius 1 is 1.38 bits per heavy atom. The van der Waals surface area contributed by atoms with Gasteiger partial charge in [0.1, 0.15) is 11.6 Å². The van der Waals surface area contributed by atoms with Gasteiger partial charge in [-0.2, -0.15) is 0 Å². The Kier molecular flexibility index (Phi) is 4.52. The SMILES string of the molecule is Cc1cc(C(=O)N2CCOC(CC(=O)O)C2)c(F)cc1F. The second-order valence-corrected chi connectivity index (χ2v) is 4.92. The molecule has 114 valence electrons. The zero-order valence-corrected chi connectivity index (χ0v) is 11.4. The van der Waals surface area contributed by atoms with E-state index in [-0.39, 0.29) is 37.2 Å². The highest BCUT2D eigenvalue weighted by Crippen LogP contribution is 2.18. The van der Waals surface area contributed by atoms with Gasteiger partial charge in [-0.25, -0.2) is 8.78 Å². The quantitative estimate of drug-likeness (QED) is 0.920. The number of aliphatic carboxylic acids is 1. The fourth-order valence-electron chi connectivity index (χ4n) is 2.21. The Balaban J connectivity index is 2.16. The predicted molar refractivity (Wildman–Crippen MR) is 69.0 cm³/mol. The van der Waals surface area contributed by atoms with E-state index < -0.39 is 29.6 Å². The standard InChI is InChI=1S/C14H15F2NO4/c1-8-4-10(12(16)6-11(8)15)14(20)17-2-3-21-9(7-17)5-13(18)19/h4,6,9H,2-3,5,7H2,1H3,(H,18,19). The summed E-state index contributed by atoms with van der Waals surface area (Å²) in [6.07, 6.45) is -0.848. The zero-order chi connectivity index (χ0) is 15.6. The third kappa shape index (κ3) is 3.55. The molecule has 1 heterocycles. The number of nitrogens with zero attached hydrogens (tertiary/aromatic N) is 1. The normalized spacial score (nSPS) is 18.6. The van der Waals surface area contributed by atoms with Crippen LogP contribution >= 0.6 is 0 Å². The first kappa shape index (κ1) is 15.4. The number of hydrogen-bond donors (Lipinski definition) is 1. The van der Waals surface area contributed by atoms with Crippen molar-refractivity contribution < 1.29 is 28.2 Å². The van der Waals surface area contributed by atoms with Gasteiger partial charge in [-0.1, -0.05) is 0 Å². The van der Waals surface area contributed by atoms with Crippen molar-refractivity contribution in [1.29, 1.82) is 0 Å². The van der Waals surface area contributed by atoms with Crippen LogP contribution in [0, 0.1) is 18.6 Å². The molecule has 1 aliphatic rings. The van der Waals surface area contributed by atoms with Crippen molar-refractivity contribution >= 4 is 11.9 Å². The first-order valence-electron chi connectivity index (χ1n) is 6.47. The molecule has 1 amide bonds. The van der Waals surface area contributed by atoms with Gasteiger partial charge in [0.25, 0.3) is 5.91 Å². The molecule has 1 unspecified atom stereocenters. The van der Waals surface area contributed by atoms with E-state index in [0.29, 0.717) is 6.07 Å². The van der Waals surface area contributed by atoms with Crippen molar-refractivity contribution in [2.24, 2.45) is 0 Å². The Bertz CT molecular complexity index is 576. The van der Waals surface area contributed by atoms with Gasteiger partial charge in [-0.05, 0) is 18.6 Å². The highest BCUT2D eigenvalue weighted by molar-refractivity contribution is 5.94. The third-order valence-electron chi connectivity index (χ3n) is 3.31. The molecule has 1 atom stereocenters. The van der Waals surface area contributed by atoms with Crippen LogP contribution in [0.2, 0.25) is 0 Å². The first-order chi connectivity index (χ1) is 9.88. The van der Waals surface area contributed by atoms with E-state index in [1.165, 1.54) is 11.8 Å². The van der Waals surface area contributed by atoms with Crippen LogP contribution < -0.4 is 0 Å². The van der Waals surface area contributed by atoms with E-state index >= 15 is 0 Å². The second kappa shape index (κ2) is 6.17. The maximum Gasteiger partial charge on any atom is 0.306 e. The molecule has 7 heteroatoms. The van der Waals surface area contributed by atoms with Crippen LogP contribution in [0.15, 0.2) is 12.1 Å². The number of ether oxygens (including phenoxy) is 1. The fraction of sp³-hybridized carbons (Fsp3) is 0.429. The van der Waals surface area contributed by atoms with Crippen molar-refractivity contribution in [3.8, 4) is 0 Å². The molecule has 1 fully saturated rings. The van der Waals surface area contributed by atoms with Crippen LogP contribution in [0.25, 0.3) is 0 Å². The second-order valence-electron chi connectivity index (χ2n) is 4.92. The van der Waals surface area contributed by atoms with Gasteiger partial charge in [0, 0.05) is 19.2 Å². The lowest BCUT2D eigenvalue weighted by Crippen LogP contribution is -2.46. The average molecular weight is 299 g/mol. The third-order valence-corrected chi connectivity index (χ3v) is 3.31. The summed E-state index contributed by atoms with van der Waals surface area (Å²) < 4.78 is 32.2. The monoisotopic (exact) mass is 299 g/mol. The number of benzene rings is 1. The van der Waals surface area contributed by atoms with Crippen molar-refractivity contribution in [3.05, 3.63) is 34.9 Å². The van der Waals surface area contributed by atoms with Gasteiger partial charge < -0.3 is 14.7 Å². The maximum atomic E-state index is 13.7. The Morgan fingerprint density at radius 2 is 2.10 bits per heavy atom. The highest BCUT2D eigenvalue weighted by Gasteiger charge is 2.28. The molecule has 1 aromatic carbocycles. The molecule has 0 spiro atoms. The zero-order valence-electron chi connectivity index (χ0n) is 11.4. The summed E-state index contributed by atoms with van der Waals surface area (Å²) >= 11 is 0. The van der Waals surface area contributed by atoms with E-state index in [1.807, 2.05) is 0 Å². The van der Waals surface area contributed by atoms with E-state index in [2.05, 4.69) is 0 Å². The molecule has 1 N–H and O–H groups in total. The molecule has 5 nitrogen and oxygen atoms in total. The molecule has 1 aromatic rings. The van der Waals surface area contributed by atoms with E-state index in [9.17, 15) is 18.4 Å². The number of morpholine rings is 1. The van der Waals surface area contributed by atoms with Crippen molar-refractivity contribution in [3.63, 3.8) is 0 Å². The van der Waals surface area contributed by atoms with Gasteiger partial charge in [0.05, 0.1) is 24.7 Å². The maximum absolute atomic E-state index is 13.7. The molecule has 0 saturated carbocycles. The summed E-state index contributed by atoms with van der Waals surface area (Å²) in [6.45, 7) is 1.94. The Labute approximate surface area is 120 Å². The Morgan fingerprint density at radius 3 is 2.76 bits per heavy atom. The molecule has 0 aromatic heterocycles. The van der Waals surface area contributed by atoms with Crippen LogP contribution in [0.5, 0.6) is 0 Å². The summed E-state index contributed by atoms with van der Waals surface area (Å²) in [7, 11) is 0. The number of carboxylic acid groups (broad SMARTS) is 1. The summed E-state index contributed by atoms with van der Waals surface area (Å²) in [5, 5.41) is 8.73. The molecule has 1 saturated heterocycles. The van der Waals surface area contributed by atoms with Crippen LogP contribution in [-0.2, 0) is 9.53 Å². The topological polar surface area (TPSA) is 66.8 Å². The number of carboxylic acids is 1. The van der Waals surface area contributed by atoms with Gasteiger partial charge in [0.15, 0.2) is 0 Å². The summed E-state index contributed by atoms with van der Waals surface area (Å²) in [6, 6.07) is 1.84. The number of carbonyl (C=O) groups excluding carboxylic acids is 1. The summed E-state index contributed by atoms with van der Waals surface area (Å²) in [4.78, 5) is 24.3. The fourth-order valence-corrected chi connectivity index (χ4v) is 2.21. The molecule has 0 radical (unpaired) electrons. The number of halogens is 2. The van der Waals surface area contributed by atoms with Crippen LogP contribution in [0.3, 0.4) is 0 Å². The average Bonchev–Trinajstić information content (AvgIpc) is 2.41. The molecular weight excluding hydrogens is 284 g/mol. The smallest absolute Gasteiger partial charge is 0.306 e. The number of carbonyl (C=O) groups is 2. The number of hydrogen-bond acceptors (Lipinski definition) is 3. The van der Waals surface area contributed by atoms with Crippen molar-refractivity contribution in [2.75, 3.05) is 19.7 Å². The summed E-state index contributed by atoms with van der Waals surface area (Å²) in [5.74, 6) is -3.26. The van der Waals surface area contributed by atoms with Crippen LogP contribution in [0.4, 0.5) is 8.78 Å². The van der Waals surface area contributed by atoms with Gasteiger partial charge in [-0.3, -0.25) is 9.59 Å².